The van der Waals surface area contributed by atoms with E-state index in [1.54, 1.807) is 0 Å². The third-order valence-corrected chi connectivity index (χ3v) is 3.09. The van der Waals surface area contributed by atoms with Crippen LogP contribution in [0.1, 0.15) is 6.92 Å². The SMILES string of the molecule is CC(CN1CCOCC1)Nc1nc(NN)c(F)cc1F. The molecule has 0 radical (unpaired) electrons. The Morgan fingerprint density at radius 3 is 2.65 bits per heavy atom. The molecular weight excluding hydrogens is 268 g/mol. The molecule has 0 amide bonds. The summed E-state index contributed by atoms with van der Waals surface area (Å²) in [5, 5.41) is 2.93. The Morgan fingerprint density at radius 2 is 2.00 bits per heavy atom. The fourth-order valence-electron chi connectivity index (χ4n) is 2.12. The quantitative estimate of drug-likeness (QED) is 0.549. The van der Waals surface area contributed by atoms with E-state index in [4.69, 9.17) is 10.6 Å². The highest BCUT2D eigenvalue weighted by molar-refractivity contribution is 5.47. The Morgan fingerprint density at radius 1 is 1.35 bits per heavy atom. The number of pyridine rings is 1. The maximum Gasteiger partial charge on any atom is 0.178 e. The molecule has 0 aromatic carbocycles. The van der Waals surface area contributed by atoms with Gasteiger partial charge in [-0.1, -0.05) is 0 Å². The summed E-state index contributed by atoms with van der Waals surface area (Å²) < 4.78 is 32.1. The van der Waals surface area contributed by atoms with Crippen LogP contribution < -0.4 is 16.6 Å². The lowest BCUT2D eigenvalue weighted by molar-refractivity contribution is 0.0368. The van der Waals surface area contributed by atoms with Gasteiger partial charge >= 0.3 is 0 Å². The van der Waals surface area contributed by atoms with Gasteiger partial charge in [-0.25, -0.2) is 19.6 Å². The molecule has 1 fully saturated rings. The summed E-state index contributed by atoms with van der Waals surface area (Å²) in [6, 6.07) is 0.720. The smallest absolute Gasteiger partial charge is 0.178 e. The fourth-order valence-corrected chi connectivity index (χ4v) is 2.12. The van der Waals surface area contributed by atoms with Crippen LogP contribution in [0.5, 0.6) is 0 Å². The molecule has 1 saturated heterocycles. The van der Waals surface area contributed by atoms with Crippen LogP contribution in [0.4, 0.5) is 20.4 Å². The summed E-state index contributed by atoms with van der Waals surface area (Å²) in [6.45, 7) is 5.75. The van der Waals surface area contributed by atoms with E-state index in [1.165, 1.54) is 0 Å². The van der Waals surface area contributed by atoms with Crippen LogP contribution in [0.25, 0.3) is 0 Å². The Labute approximate surface area is 116 Å². The van der Waals surface area contributed by atoms with Crippen molar-refractivity contribution in [2.45, 2.75) is 13.0 Å². The number of hydrazine groups is 1. The predicted molar refractivity (Wildman–Crippen MR) is 72.3 cm³/mol. The highest BCUT2D eigenvalue weighted by Crippen LogP contribution is 2.19. The van der Waals surface area contributed by atoms with Crippen LogP contribution in [-0.4, -0.2) is 48.8 Å². The van der Waals surface area contributed by atoms with Gasteiger partial charge in [0.25, 0.3) is 0 Å². The fraction of sp³-hybridized carbons (Fsp3) is 0.583. The number of hydrogen-bond donors (Lipinski definition) is 3. The standard InChI is InChI=1S/C12H19F2N5O/c1-8(7-19-2-4-20-5-3-19)16-11-9(13)6-10(14)12(17-11)18-15/h6,8H,2-5,7,15H2,1H3,(H2,16,17,18). The van der Waals surface area contributed by atoms with Gasteiger partial charge in [-0.2, -0.15) is 0 Å². The number of anilines is 2. The van der Waals surface area contributed by atoms with Gasteiger partial charge in [-0.15, -0.1) is 0 Å². The summed E-state index contributed by atoms with van der Waals surface area (Å²) in [7, 11) is 0. The van der Waals surface area contributed by atoms with Crippen molar-refractivity contribution in [3.8, 4) is 0 Å². The Hall–Kier alpha value is -1.51. The van der Waals surface area contributed by atoms with Gasteiger partial charge in [-0.05, 0) is 6.92 Å². The molecule has 112 valence electrons. The highest BCUT2D eigenvalue weighted by Gasteiger charge is 2.16. The summed E-state index contributed by atoms with van der Waals surface area (Å²) in [4.78, 5) is 6.00. The second-order valence-electron chi connectivity index (χ2n) is 4.75. The van der Waals surface area contributed by atoms with E-state index >= 15 is 0 Å². The maximum absolute atomic E-state index is 13.6. The number of ether oxygens (including phenoxy) is 1. The first-order valence-corrected chi connectivity index (χ1v) is 6.49. The Kier molecular flexibility index (Phi) is 5.05. The zero-order valence-electron chi connectivity index (χ0n) is 11.3. The molecule has 6 nitrogen and oxygen atoms in total. The van der Waals surface area contributed by atoms with Crippen molar-refractivity contribution in [1.82, 2.24) is 9.88 Å². The molecule has 1 atom stereocenters. The number of morpholine rings is 1. The molecule has 0 saturated carbocycles. The van der Waals surface area contributed by atoms with E-state index in [9.17, 15) is 8.78 Å². The largest absolute Gasteiger partial charge is 0.379 e. The molecule has 1 aliphatic rings. The van der Waals surface area contributed by atoms with Gasteiger partial charge in [0, 0.05) is 31.7 Å². The first-order chi connectivity index (χ1) is 9.60. The van der Waals surface area contributed by atoms with Crippen molar-refractivity contribution in [3.05, 3.63) is 17.7 Å². The highest BCUT2D eigenvalue weighted by atomic mass is 19.1. The number of nitrogen functional groups attached to an aromatic ring is 1. The average molecular weight is 287 g/mol. The maximum atomic E-state index is 13.6. The molecule has 1 aromatic heterocycles. The first-order valence-electron chi connectivity index (χ1n) is 6.49. The molecule has 8 heteroatoms. The molecule has 0 aliphatic carbocycles. The van der Waals surface area contributed by atoms with Gasteiger partial charge < -0.3 is 15.5 Å². The van der Waals surface area contributed by atoms with Crippen molar-refractivity contribution in [3.63, 3.8) is 0 Å². The number of aromatic nitrogens is 1. The molecule has 4 N–H and O–H groups in total. The minimum absolute atomic E-state index is 0.0138. The minimum atomic E-state index is -0.823. The monoisotopic (exact) mass is 287 g/mol. The predicted octanol–water partition coefficient (Wildman–Crippen LogP) is 0.778. The van der Waals surface area contributed by atoms with Crippen molar-refractivity contribution >= 4 is 11.6 Å². The zero-order chi connectivity index (χ0) is 14.5. The van der Waals surface area contributed by atoms with E-state index in [0.717, 1.165) is 25.7 Å². The molecular formula is C12H19F2N5O. The number of hydrogen-bond acceptors (Lipinski definition) is 6. The van der Waals surface area contributed by atoms with Crippen LogP contribution in [0.2, 0.25) is 0 Å². The molecule has 20 heavy (non-hydrogen) atoms. The number of nitrogens with one attached hydrogen (secondary N) is 2. The van der Waals surface area contributed by atoms with E-state index in [2.05, 4.69) is 20.6 Å². The molecule has 0 bridgehead atoms. The molecule has 1 aromatic rings. The first kappa shape index (κ1) is 14.9. The summed E-state index contributed by atoms with van der Waals surface area (Å²) in [5.74, 6) is 3.36. The lowest BCUT2D eigenvalue weighted by Crippen LogP contribution is -2.42. The van der Waals surface area contributed by atoms with Gasteiger partial charge in [0.15, 0.2) is 23.3 Å². The molecule has 2 heterocycles. The summed E-state index contributed by atoms with van der Waals surface area (Å²) >= 11 is 0. The third-order valence-electron chi connectivity index (χ3n) is 3.09. The normalized spacial score (nSPS) is 17.8. The van der Waals surface area contributed by atoms with Crippen LogP contribution >= 0.6 is 0 Å². The number of rotatable bonds is 5. The summed E-state index contributed by atoms with van der Waals surface area (Å²) in [5.41, 5.74) is 2.10. The number of nitrogens with zero attached hydrogens (tertiary/aromatic N) is 2. The van der Waals surface area contributed by atoms with Crippen molar-refractivity contribution in [2.24, 2.45) is 5.84 Å². The zero-order valence-corrected chi connectivity index (χ0v) is 11.3. The Bertz CT molecular complexity index is 454. The van der Waals surface area contributed by atoms with Crippen LogP contribution in [-0.2, 0) is 4.74 Å². The van der Waals surface area contributed by atoms with Gasteiger partial charge in [-0.3, -0.25) is 4.90 Å². The van der Waals surface area contributed by atoms with Crippen molar-refractivity contribution in [2.75, 3.05) is 43.6 Å². The van der Waals surface area contributed by atoms with Crippen molar-refractivity contribution < 1.29 is 13.5 Å². The molecule has 1 aliphatic heterocycles. The molecule has 1 unspecified atom stereocenters. The number of nitrogens with two attached hydrogens (primary N) is 1. The second-order valence-corrected chi connectivity index (χ2v) is 4.75. The topological polar surface area (TPSA) is 75.4 Å². The van der Waals surface area contributed by atoms with Crippen LogP contribution in [0.3, 0.4) is 0 Å². The molecule has 0 spiro atoms. The van der Waals surface area contributed by atoms with Gasteiger partial charge in [0.1, 0.15) is 0 Å². The van der Waals surface area contributed by atoms with E-state index < -0.39 is 11.6 Å². The Balaban J connectivity index is 1.97. The van der Waals surface area contributed by atoms with E-state index in [-0.39, 0.29) is 17.7 Å². The van der Waals surface area contributed by atoms with Crippen molar-refractivity contribution in [1.29, 1.82) is 0 Å². The summed E-state index contributed by atoms with van der Waals surface area (Å²) in [6.07, 6.45) is 0. The lowest BCUT2D eigenvalue weighted by atomic mass is 10.2. The second kappa shape index (κ2) is 6.78. The lowest BCUT2D eigenvalue weighted by Gasteiger charge is -2.29. The van der Waals surface area contributed by atoms with Gasteiger partial charge in [0.2, 0.25) is 0 Å². The van der Waals surface area contributed by atoms with Crippen LogP contribution in [0, 0.1) is 11.6 Å². The third kappa shape index (κ3) is 3.75. The number of halogens is 2. The van der Waals surface area contributed by atoms with E-state index in [0.29, 0.717) is 13.2 Å². The molecule has 2 rings (SSSR count). The minimum Gasteiger partial charge on any atom is -0.379 e. The van der Waals surface area contributed by atoms with Gasteiger partial charge in [0.05, 0.1) is 13.2 Å². The average Bonchev–Trinajstić information content (AvgIpc) is 2.43. The van der Waals surface area contributed by atoms with E-state index in [1.807, 2.05) is 6.92 Å². The van der Waals surface area contributed by atoms with Crippen LogP contribution in [0.15, 0.2) is 6.07 Å².